The van der Waals surface area contributed by atoms with Gasteiger partial charge < -0.3 is 10.2 Å². The van der Waals surface area contributed by atoms with Crippen LogP contribution in [0.3, 0.4) is 0 Å². The molecule has 0 bridgehead atoms. The van der Waals surface area contributed by atoms with Crippen molar-refractivity contribution in [1.82, 2.24) is 10.2 Å². The third-order valence-electron chi connectivity index (χ3n) is 4.16. The van der Waals surface area contributed by atoms with E-state index in [-0.39, 0.29) is 17.9 Å². The lowest BCUT2D eigenvalue weighted by Crippen LogP contribution is -2.52. The Hall–Kier alpha value is -1.06. The summed E-state index contributed by atoms with van der Waals surface area (Å²) in [7, 11) is 0. The highest BCUT2D eigenvalue weighted by Crippen LogP contribution is 2.24. The topological polar surface area (TPSA) is 49.4 Å². The fraction of sp³-hybridized carbons (Fsp3) is 0.867. The number of amides is 2. The number of carbonyl (C=O) groups excluding carboxylic acids is 2. The van der Waals surface area contributed by atoms with E-state index < -0.39 is 5.41 Å². The largest absolute Gasteiger partial charge is 0.353 e. The van der Waals surface area contributed by atoms with Crippen LogP contribution < -0.4 is 5.32 Å². The summed E-state index contributed by atoms with van der Waals surface area (Å²) in [5.41, 5.74) is -0.968. The number of rotatable bonds is 4. The van der Waals surface area contributed by atoms with Gasteiger partial charge in [-0.05, 0) is 46.0 Å². The molecule has 1 atom stereocenters. The molecule has 19 heavy (non-hydrogen) atoms. The maximum absolute atomic E-state index is 12.5. The molecule has 0 saturated carbocycles. The average molecular weight is 268 g/mol. The number of nitrogens with zero attached hydrogens (tertiary/aromatic N) is 1. The van der Waals surface area contributed by atoms with Crippen molar-refractivity contribution in [2.24, 2.45) is 11.3 Å². The smallest absolute Gasteiger partial charge is 0.237 e. The first kappa shape index (κ1) is 16.0. The highest BCUT2D eigenvalue weighted by Gasteiger charge is 2.40. The van der Waals surface area contributed by atoms with Gasteiger partial charge in [-0.2, -0.15) is 0 Å². The van der Waals surface area contributed by atoms with Gasteiger partial charge in [0.2, 0.25) is 11.8 Å². The molecule has 1 rings (SSSR count). The maximum Gasteiger partial charge on any atom is 0.237 e. The zero-order chi connectivity index (χ0) is 14.6. The van der Waals surface area contributed by atoms with Gasteiger partial charge in [-0.15, -0.1) is 0 Å². The van der Waals surface area contributed by atoms with Crippen molar-refractivity contribution in [3.63, 3.8) is 0 Å². The zero-order valence-corrected chi connectivity index (χ0v) is 13.0. The van der Waals surface area contributed by atoms with Crippen LogP contribution in [0, 0.1) is 11.3 Å². The minimum Gasteiger partial charge on any atom is -0.353 e. The van der Waals surface area contributed by atoms with Gasteiger partial charge >= 0.3 is 0 Å². The molecule has 4 nitrogen and oxygen atoms in total. The molecule has 1 unspecified atom stereocenters. The molecule has 0 aromatic carbocycles. The number of likely N-dealkylation sites (tertiary alicyclic amines) is 1. The Labute approximate surface area is 116 Å². The second kappa shape index (κ2) is 6.40. The molecule has 1 saturated heterocycles. The van der Waals surface area contributed by atoms with E-state index in [0.29, 0.717) is 5.92 Å². The fourth-order valence-corrected chi connectivity index (χ4v) is 2.21. The summed E-state index contributed by atoms with van der Waals surface area (Å²) in [4.78, 5) is 26.6. The summed E-state index contributed by atoms with van der Waals surface area (Å²) in [6.45, 7) is 11.2. The molecule has 4 heteroatoms. The fourth-order valence-electron chi connectivity index (χ4n) is 2.21. The van der Waals surface area contributed by atoms with Crippen LogP contribution in [0.5, 0.6) is 0 Å². The summed E-state index contributed by atoms with van der Waals surface area (Å²) in [6, 6.07) is 0.112. The van der Waals surface area contributed by atoms with Crippen LogP contribution in [-0.4, -0.2) is 35.8 Å². The molecule has 0 aromatic rings. The molecular weight excluding hydrogens is 240 g/mol. The lowest BCUT2D eigenvalue weighted by Gasteiger charge is -2.35. The number of nitrogens with one attached hydrogen (secondary N) is 1. The highest BCUT2D eigenvalue weighted by atomic mass is 16.2. The van der Waals surface area contributed by atoms with Crippen molar-refractivity contribution in [2.45, 2.75) is 59.9 Å². The predicted octanol–water partition coefficient (Wildman–Crippen LogP) is 2.19. The quantitative estimate of drug-likeness (QED) is 0.795. The first-order valence-electron chi connectivity index (χ1n) is 7.39. The van der Waals surface area contributed by atoms with Gasteiger partial charge in [-0.1, -0.05) is 13.8 Å². The molecule has 1 aliphatic rings. The Morgan fingerprint density at radius 2 is 1.84 bits per heavy atom. The van der Waals surface area contributed by atoms with Gasteiger partial charge in [-0.25, -0.2) is 0 Å². The third kappa shape index (κ3) is 3.95. The Morgan fingerprint density at radius 1 is 1.32 bits per heavy atom. The van der Waals surface area contributed by atoms with E-state index in [9.17, 15) is 9.59 Å². The molecule has 1 heterocycles. The predicted molar refractivity (Wildman–Crippen MR) is 76.7 cm³/mol. The Bertz CT molecular complexity index is 331. The number of hydrogen-bond donors (Lipinski definition) is 1. The van der Waals surface area contributed by atoms with E-state index in [4.69, 9.17) is 0 Å². The van der Waals surface area contributed by atoms with Gasteiger partial charge in [0.05, 0.1) is 0 Å². The van der Waals surface area contributed by atoms with E-state index in [1.807, 2.05) is 18.7 Å². The van der Waals surface area contributed by atoms with Crippen LogP contribution in [-0.2, 0) is 9.59 Å². The first-order valence-corrected chi connectivity index (χ1v) is 7.39. The molecule has 2 amide bonds. The van der Waals surface area contributed by atoms with E-state index >= 15 is 0 Å². The number of piperidine rings is 1. The van der Waals surface area contributed by atoms with Crippen molar-refractivity contribution in [1.29, 1.82) is 0 Å². The van der Waals surface area contributed by atoms with Crippen molar-refractivity contribution >= 4 is 11.8 Å². The summed E-state index contributed by atoms with van der Waals surface area (Å²) in [5, 5.41) is 2.91. The van der Waals surface area contributed by atoms with E-state index in [1.165, 1.54) is 0 Å². The van der Waals surface area contributed by atoms with Crippen LogP contribution >= 0.6 is 0 Å². The molecule has 0 radical (unpaired) electrons. The van der Waals surface area contributed by atoms with Crippen LogP contribution in [0.1, 0.15) is 53.9 Å². The van der Waals surface area contributed by atoms with Crippen molar-refractivity contribution in [2.75, 3.05) is 13.1 Å². The van der Waals surface area contributed by atoms with Crippen molar-refractivity contribution in [3.8, 4) is 0 Å². The summed E-state index contributed by atoms with van der Waals surface area (Å²) in [6.07, 6.45) is 2.95. The summed E-state index contributed by atoms with van der Waals surface area (Å²) >= 11 is 0. The monoisotopic (exact) mass is 268 g/mol. The average Bonchev–Trinajstić information content (AvgIpc) is 2.38. The second-order valence-corrected chi connectivity index (χ2v) is 6.38. The van der Waals surface area contributed by atoms with Crippen LogP contribution in [0.25, 0.3) is 0 Å². The van der Waals surface area contributed by atoms with E-state index in [2.05, 4.69) is 12.2 Å². The summed E-state index contributed by atoms with van der Waals surface area (Å²) < 4.78 is 0. The normalized spacial score (nSPS) is 19.1. The van der Waals surface area contributed by atoms with Crippen molar-refractivity contribution < 1.29 is 9.59 Å². The zero-order valence-electron chi connectivity index (χ0n) is 13.0. The van der Waals surface area contributed by atoms with Crippen LogP contribution in [0.2, 0.25) is 0 Å². The molecular formula is C15H28N2O2. The lowest BCUT2D eigenvalue weighted by atomic mass is 9.88. The lowest BCUT2D eigenvalue weighted by molar-refractivity contribution is -0.149. The molecule has 0 aromatic heterocycles. The van der Waals surface area contributed by atoms with Gasteiger partial charge in [-0.3, -0.25) is 9.59 Å². The SMILES string of the molecule is CCC(C)NC(=O)C(C)(C)C(=O)N1CCC(C)CC1. The first-order chi connectivity index (χ1) is 8.78. The minimum atomic E-state index is -0.968. The van der Waals surface area contributed by atoms with Crippen molar-refractivity contribution in [3.05, 3.63) is 0 Å². The maximum atomic E-state index is 12.5. The highest BCUT2D eigenvalue weighted by molar-refractivity contribution is 6.04. The van der Waals surface area contributed by atoms with Crippen LogP contribution in [0.15, 0.2) is 0 Å². The Kier molecular flexibility index (Phi) is 5.39. The van der Waals surface area contributed by atoms with E-state index in [0.717, 1.165) is 32.4 Å². The Morgan fingerprint density at radius 3 is 2.32 bits per heavy atom. The van der Waals surface area contributed by atoms with Gasteiger partial charge in [0.1, 0.15) is 5.41 Å². The molecule has 110 valence electrons. The summed E-state index contributed by atoms with van der Waals surface area (Å²) in [5.74, 6) is 0.478. The number of carbonyl (C=O) groups is 2. The van der Waals surface area contributed by atoms with Crippen LogP contribution in [0.4, 0.5) is 0 Å². The minimum absolute atomic E-state index is 0.0415. The van der Waals surface area contributed by atoms with Gasteiger partial charge in [0.15, 0.2) is 0 Å². The molecule has 1 aliphatic heterocycles. The molecule has 0 aliphatic carbocycles. The van der Waals surface area contributed by atoms with E-state index in [1.54, 1.807) is 13.8 Å². The van der Waals surface area contributed by atoms with Gasteiger partial charge in [0.25, 0.3) is 0 Å². The molecule has 1 fully saturated rings. The second-order valence-electron chi connectivity index (χ2n) is 6.38. The molecule has 0 spiro atoms. The number of hydrogen-bond acceptors (Lipinski definition) is 2. The third-order valence-corrected chi connectivity index (χ3v) is 4.16. The van der Waals surface area contributed by atoms with Gasteiger partial charge in [0, 0.05) is 19.1 Å². The standard InChI is InChI=1S/C15H28N2O2/c1-6-12(3)16-13(18)15(4,5)14(19)17-9-7-11(2)8-10-17/h11-12H,6-10H2,1-5H3,(H,16,18). The Balaban J connectivity index is 2.65. The molecule has 1 N–H and O–H groups in total.